The van der Waals surface area contributed by atoms with Crippen molar-refractivity contribution in [1.82, 2.24) is 0 Å². The average Bonchev–Trinajstić information content (AvgIpc) is 2.20. The van der Waals surface area contributed by atoms with E-state index in [9.17, 15) is 15.0 Å². The monoisotopic (exact) mass is 307 g/mol. The molecule has 1 aromatic rings. The standard InChI is InChI=1S/C9H10BrNO4S/c10-4-1-7(13)8(2-6(4)12)16-3-5(11)9(14)15/h1-2,5,12-13H,3,11H2,(H,14,15). The maximum atomic E-state index is 10.5. The number of halogens is 1. The molecule has 1 atom stereocenters. The fourth-order valence-electron chi connectivity index (χ4n) is 0.899. The molecule has 1 unspecified atom stereocenters. The lowest BCUT2D eigenvalue weighted by Gasteiger charge is -2.08. The van der Waals surface area contributed by atoms with Gasteiger partial charge in [-0.1, -0.05) is 0 Å². The minimum Gasteiger partial charge on any atom is -0.507 e. The van der Waals surface area contributed by atoms with E-state index in [1.54, 1.807) is 0 Å². The molecular weight excluding hydrogens is 298 g/mol. The van der Waals surface area contributed by atoms with E-state index in [0.717, 1.165) is 11.8 Å². The molecule has 16 heavy (non-hydrogen) atoms. The van der Waals surface area contributed by atoms with Gasteiger partial charge >= 0.3 is 5.97 Å². The molecular formula is C9H10BrNO4S. The van der Waals surface area contributed by atoms with Crippen LogP contribution in [0.25, 0.3) is 0 Å². The summed E-state index contributed by atoms with van der Waals surface area (Å²) in [5, 5.41) is 27.5. The van der Waals surface area contributed by atoms with Crippen molar-refractivity contribution in [3.63, 3.8) is 0 Å². The zero-order valence-electron chi connectivity index (χ0n) is 8.05. The van der Waals surface area contributed by atoms with E-state index in [4.69, 9.17) is 10.8 Å². The number of hydrogen-bond donors (Lipinski definition) is 4. The lowest BCUT2D eigenvalue weighted by Crippen LogP contribution is -2.32. The van der Waals surface area contributed by atoms with Crippen LogP contribution in [0.4, 0.5) is 0 Å². The van der Waals surface area contributed by atoms with Gasteiger partial charge in [0.1, 0.15) is 17.5 Å². The summed E-state index contributed by atoms with van der Waals surface area (Å²) >= 11 is 4.12. The molecule has 0 aliphatic carbocycles. The average molecular weight is 308 g/mol. The number of hydrogen-bond acceptors (Lipinski definition) is 5. The van der Waals surface area contributed by atoms with Crippen LogP contribution in [-0.2, 0) is 4.79 Å². The summed E-state index contributed by atoms with van der Waals surface area (Å²) in [7, 11) is 0. The Kier molecular flexibility index (Phi) is 4.45. The van der Waals surface area contributed by atoms with Gasteiger partial charge < -0.3 is 21.1 Å². The third-order valence-corrected chi connectivity index (χ3v) is 3.56. The third kappa shape index (κ3) is 3.29. The Balaban J connectivity index is 2.74. The van der Waals surface area contributed by atoms with Crippen molar-refractivity contribution in [2.75, 3.05) is 5.75 Å². The van der Waals surface area contributed by atoms with E-state index in [2.05, 4.69) is 15.9 Å². The number of carboxylic acid groups (broad SMARTS) is 1. The number of aromatic hydroxyl groups is 2. The molecule has 0 saturated carbocycles. The topological polar surface area (TPSA) is 104 Å². The number of aliphatic carboxylic acids is 1. The largest absolute Gasteiger partial charge is 0.507 e. The first-order valence-corrected chi connectivity index (χ1v) is 6.02. The SMILES string of the molecule is NC(CSc1cc(O)c(Br)cc1O)C(=O)O. The molecule has 0 radical (unpaired) electrons. The van der Waals surface area contributed by atoms with Crippen LogP contribution >= 0.6 is 27.7 Å². The first kappa shape index (κ1) is 13.1. The van der Waals surface area contributed by atoms with Crippen molar-refractivity contribution in [3.05, 3.63) is 16.6 Å². The molecule has 5 nitrogen and oxygen atoms in total. The Labute approximate surface area is 104 Å². The van der Waals surface area contributed by atoms with Crippen molar-refractivity contribution in [2.24, 2.45) is 5.73 Å². The summed E-state index contributed by atoms with van der Waals surface area (Å²) < 4.78 is 0.372. The van der Waals surface area contributed by atoms with Gasteiger partial charge in [-0.25, -0.2) is 0 Å². The van der Waals surface area contributed by atoms with Gasteiger partial charge in [-0.3, -0.25) is 4.79 Å². The van der Waals surface area contributed by atoms with Crippen molar-refractivity contribution < 1.29 is 20.1 Å². The highest BCUT2D eigenvalue weighted by Gasteiger charge is 2.14. The lowest BCUT2D eigenvalue weighted by atomic mass is 10.3. The number of thioether (sulfide) groups is 1. The van der Waals surface area contributed by atoms with Crippen LogP contribution in [0.15, 0.2) is 21.5 Å². The fraction of sp³-hybridized carbons (Fsp3) is 0.222. The van der Waals surface area contributed by atoms with Crippen molar-refractivity contribution in [1.29, 1.82) is 0 Å². The summed E-state index contributed by atoms with van der Waals surface area (Å²) in [5.41, 5.74) is 5.31. The fourth-order valence-corrected chi connectivity index (χ4v) is 2.13. The minimum atomic E-state index is -1.10. The van der Waals surface area contributed by atoms with Crippen LogP contribution in [0.1, 0.15) is 0 Å². The van der Waals surface area contributed by atoms with E-state index >= 15 is 0 Å². The maximum absolute atomic E-state index is 10.5. The molecule has 1 rings (SSSR count). The van der Waals surface area contributed by atoms with Crippen LogP contribution in [-0.4, -0.2) is 33.1 Å². The molecule has 0 aromatic heterocycles. The zero-order chi connectivity index (χ0) is 12.3. The molecule has 0 heterocycles. The molecule has 88 valence electrons. The van der Waals surface area contributed by atoms with Crippen molar-refractivity contribution in [3.8, 4) is 11.5 Å². The summed E-state index contributed by atoms with van der Waals surface area (Å²) in [6.07, 6.45) is 0. The van der Waals surface area contributed by atoms with Crippen LogP contribution in [0.5, 0.6) is 11.5 Å². The predicted molar refractivity (Wildman–Crippen MR) is 63.8 cm³/mol. The highest BCUT2D eigenvalue weighted by molar-refractivity contribution is 9.10. The number of rotatable bonds is 4. The Morgan fingerprint density at radius 3 is 2.62 bits per heavy atom. The second-order valence-electron chi connectivity index (χ2n) is 3.03. The molecule has 0 spiro atoms. The second kappa shape index (κ2) is 5.42. The van der Waals surface area contributed by atoms with E-state index in [1.807, 2.05) is 0 Å². The van der Waals surface area contributed by atoms with Crippen LogP contribution in [0.3, 0.4) is 0 Å². The smallest absolute Gasteiger partial charge is 0.321 e. The van der Waals surface area contributed by atoms with Gasteiger partial charge in [-0.15, -0.1) is 11.8 Å². The Morgan fingerprint density at radius 2 is 2.06 bits per heavy atom. The lowest BCUT2D eigenvalue weighted by molar-refractivity contribution is -0.137. The quantitative estimate of drug-likeness (QED) is 0.495. The number of phenolic OH excluding ortho intramolecular Hbond substituents is 2. The highest BCUT2D eigenvalue weighted by Crippen LogP contribution is 2.36. The molecule has 0 saturated heterocycles. The first-order valence-electron chi connectivity index (χ1n) is 4.24. The molecule has 5 N–H and O–H groups in total. The Bertz CT molecular complexity index is 413. The third-order valence-electron chi connectivity index (χ3n) is 1.76. The van der Waals surface area contributed by atoms with E-state index in [1.165, 1.54) is 12.1 Å². The summed E-state index contributed by atoms with van der Waals surface area (Å²) in [5.74, 6) is -1.05. The Hall–Kier alpha value is -0.920. The summed E-state index contributed by atoms with van der Waals surface area (Å²) in [4.78, 5) is 10.9. The first-order chi connectivity index (χ1) is 7.41. The molecule has 0 amide bonds. The van der Waals surface area contributed by atoms with Gasteiger partial charge in [-0.05, 0) is 28.1 Å². The van der Waals surface area contributed by atoms with Crippen LogP contribution < -0.4 is 5.73 Å². The van der Waals surface area contributed by atoms with Gasteiger partial charge in [0.15, 0.2) is 0 Å². The van der Waals surface area contributed by atoms with Crippen molar-refractivity contribution >= 4 is 33.7 Å². The predicted octanol–water partition coefficient (Wildman–Crippen LogP) is 1.36. The Morgan fingerprint density at radius 1 is 1.44 bits per heavy atom. The van der Waals surface area contributed by atoms with Crippen LogP contribution in [0, 0.1) is 0 Å². The van der Waals surface area contributed by atoms with E-state index in [0.29, 0.717) is 9.37 Å². The molecule has 0 aliphatic rings. The second-order valence-corrected chi connectivity index (χ2v) is 4.94. The number of carboxylic acids is 1. The van der Waals surface area contributed by atoms with Crippen LogP contribution in [0.2, 0.25) is 0 Å². The van der Waals surface area contributed by atoms with Gasteiger partial charge in [0, 0.05) is 5.75 Å². The number of phenols is 2. The molecule has 1 aromatic carbocycles. The molecule has 0 aliphatic heterocycles. The number of carbonyl (C=O) groups is 1. The molecule has 0 fully saturated rings. The van der Waals surface area contributed by atoms with Gasteiger partial charge in [0.25, 0.3) is 0 Å². The highest BCUT2D eigenvalue weighted by atomic mass is 79.9. The van der Waals surface area contributed by atoms with E-state index in [-0.39, 0.29) is 17.3 Å². The number of nitrogens with two attached hydrogens (primary N) is 1. The van der Waals surface area contributed by atoms with Crippen molar-refractivity contribution in [2.45, 2.75) is 10.9 Å². The molecule has 7 heteroatoms. The molecule has 0 bridgehead atoms. The minimum absolute atomic E-state index is 0.0239. The number of benzene rings is 1. The van der Waals surface area contributed by atoms with E-state index < -0.39 is 12.0 Å². The van der Waals surface area contributed by atoms with Gasteiger partial charge in [0.2, 0.25) is 0 Å². The normalized spacial score (nSPS) is 12.4. The summed E-state index contributed by atoms with van der Waals surface area (Å²) in [6, 6.07) is 1.68. The summed E-state index contributed by atoms with van der Waals surface area (Å²) in [6.45, 7) is 0. The zero-order valence-corrected chi connectivity index (χ0v) is 10.5. The van der Waals surface area contributed by atoms with Gasteiger partial charge in [-0.2, -0.15) is 0 Å². The van der Waals surface area contributed by atoms with Gasteiger partial charge in [0.05, 0.1) is 9.37 Å². The maximum Gasteiger partial charge on any atom is 0.321 e.